The Labute approximate surface area is 184 Å². The highest BCUT2D eigenvalue weighted by molar-refractivity contribution is 6.31. The number of ether oxygens (including phenoxy) is 3. The fourth-order valence-electron chi connectivity index (χ4n) is 2.45. The first kappa shape index (κ1) is 22.3. The van der Waals surface area contributed by atoms with Crippen LogP contribution in [-0.4, -0.2) is 35.3 Å². The Balaban J connectivity index is 1.49. The lowest BCUT2D eigenvalue weighted by atomic mass is 10.3. The van der Waals surface area contributed by atoms with E-state index < -0.39 is 12.1 Å². The van der Waals surface area contributed by atoms with E-state index in [0.717, 1.165) is 0 Å². The van der Waals surface area contributed by atoms with E-state index in [4.69, 9.17) is 30.6 Å². The summed E-state index contributed by atoms with van der Waals surface area (Å²) in [6.07, 6.45) is 4.17. The maximum Gasteiger partial charge on any atom is 0.347 e. The summed E-state index contributed by atoms with van der Waals surface area (Å²) in [5.74, 6) is 0.922. The number of carbonyl (C=O) groups is 1. The zero-order chi connectivity index (χ0) is 22.1. The summed E-state index contributed by atoms with van der Waals surface area (Å²) in [6, 6.07) is 12.1. The van der Waals surface area contributed by atoms with Crippen LogP contribution in [0.15, 0.2) is 60.9 Å². The first-order chi connectivity index (χ1) is 15.0. The maximum atomic E-state index is 12.0. The second-order valence-corrected chi connectivity index (χ2v) is 6.75. The minimum atomic E-state index is -0.770. The lowest BCUT2D eigenvalue weighted by molar-refractivity contribution is -0.153. The van der Waals surface area contributed by atoms with Gasteiger partial charge in [0, 0.05) is 11.2 Å². The highest BCUT2D eigenvalue weighted by atomic mass is 35.5. The van der Waals surface area contributed by atoms with Gasteiger partial charge < -0.3 is 14.2 Å². The lowest BCUT2D eigenvalue weighted by Gasteiger charge is -2.14. The second-order valence-electron chi connectivity index (χ2n) is 6.31. The second kappa shape index (κ2) is 11.1. The molecule has 1 N–H and O–H groups in total. The summed E-state index contributed by atoms with van der Waals surface area (Å²) in [5, 5.41) is 0.596. The van der Waals surface area contributed by atoms with Gasteiger partial charge >= 0.3 is 5.97 Å². The van der Waals surface area contributed by atoms with Crippen LogP contribution in [0.2, 0.25) is 5.02 Å². The molecule has 2 aromatic carbocycles. The molecule has 1 unspecified atom stereocenters. The molecule has 1 heterocycles. The number of allylic oxidation sites excluding steroid dienone is 1. The zero-order valence-corrected chi connectivity index (χ0v) is 17.8. The molecule has 8 nitrogen and oxygen atoms in total. The molecule has 3 rings (SSSR count). The van der Waals surface area contributed by atoms with Gasteiger partial charge in [0.1, 0.15) is 24.7 Å². The van der Waals surface area contributed by atoms with Crippen molar-refractivity contribution in [1.82, 2.24) is 15.4 Å². The standard InChI is InChI=1S/C22H22ClN3O5/c1-3-10-25-29-12-11-28-22(27)15(2)30-17-5-7-18(8-6-17)31-21-14-24-20-13-16(23)4-9-19(20)26-21/h3-10,13-15,25H,11-12H2,1-2H3. The van der Waals surface area contributed by atoms with Crippen LogP contribution in [0, 0.1) is 0 Å². The Bertz CT molecular complexity index is 1040. The number of halogens is 1. The fraction of sp³-hybridized carbons (Fsp3) is 0.227. The van der Waals surface area contributed by atoms with Crippen molar-refractivity contribution in [1.29, 1.82) is 0 Å². The van der Waals surface area contributed by atoms with Crippen LogP contribution in [0.5, 0.6) is 17.4 Å². The molecule has 0 fully saturated rings. The molecule has 0 spiro atoms. The summed E-state index contributed by atoms with van der Waals surface area (Å²) >= 11 is 5.96. The van der Waals surface area contributed by atoms with Crippen molar-refractivity contribution < 1.29 is 23.8 Å². The van der Waals surface area contributed by atoms with Gasteiger partial charge in [-0.1, -0.05) is 17.7 Å². The monoisotopic (exact) mass is 443 g/mol. The Morgan fingerprint density at radius 1 is 1.13 bits per heavy atom. The van der Waals surface area contributed by atoms with Crippen LogP contribution in [0.4, 0.5) is 0 Å². The highest BCUT2D eigenvalue weighted by Gasteiger charge is 2.16. The molecular formula is C22H22ClN3O5. The summed E-state index contributed by atoms with van der Waals surface area (Å²) in [4.78, 5) is 25.7. The van der Waals surface area contributed by atoms with Crippen LogP contribution >= 0.6 is 11.6 Å². The number of nitrogens with zero attached hydrogens (tertiary/aromatic N) is 2. The molecule has 1 atom stereocenters. The van der Waals surface area contributed by atoms with Crippen molar-refractivity contribution in [3.63, 3.8) is 0 Å². The third kappa shape index (κ3) is 6.84. The number of rotatable bonds is 10. The van der Waals surface area contributed by atoms with E-state index in [2.05, 4.69) is 15.4 Å². The first-order valence-corrected chi connectivity index (χ1v) is 9.95. The van der Waals surface area contributed by atoms with E-state index in [9.17, 15) is 4.79 Å². The Morgan fingerprint density at radius 3 is 2.68 bits per heavy atom. The average Bonchev–Trinajstić information content (AvgIpc) is 2.77. The van der Waals surface area contributed by atoms with Crippen LogP contribution < -0.4 is 15.0 Å². The van der Waals surface area contributed by atoms with Gasteiger partial charge in [-0.25, -0.2) is 14.8 Å². The SMILES string of the molecule is CC=CNOCCOC(=O)C(C)Oc1ccc(Oc2cnc3cc(Cl)ccc3n2)cc1. The number of hydrogen-bond acceptors (Lipinski definition) is 8. The van der Waals surface area contributed by atoms with Crippen molar-refractivity contribution in [2.24, 2.45) is 0 Å². The number of carbonyl (C=O) groups excluding carboxylic acids is 1. The first-order valence-electron chi connectivity index (χ1n) is 9.57. The van der Waals surface area contributed by atoms with Crippen LogP contribution in [-0.2, 0) is 14.4 Å². The number of aromatic nitrogens is 2. The molecule has 1 aromatic heterocycles. The fourth-order valence-corrected chi connectivity index (χ4v) is 2.62. The molecule has 0 amide bonds. The zero-order valence-electron chi connectivity index (χ0n) is 17.1. The van der Waals surface area contributed by atoms with Gasteiger partial charge in [0.25, 0.3) is 0 Å². The van der Waals surface area contributed by atoms with Crippen molar-refractivity contribution in [3.05, 3.63) is 66.0 Å². The molecule has 0 radical (unpaired) electrons. The van der Waals surface area contributed by atoms with Gasteiger partial charge in [0.2, 0.25) is 5.88 Å². The van der Waals surface area contributed by atoms with Crippen molar-refractivity contribution in [2.75, 3.05) is 13.2 Å². The van der Waals surface area contributed by atoms with E-state index in [1.165, 1.54) is 6.20 Å². The smallest absolute Gasteiger partial charge is 0.347 e. The predicted octanol–water partition coefficient (Wildman–Crippen LogP) is 4.44. The van der Waals surface area contributed by atoms with E-state index in [1.807, 2.05) is 6.92 Å². The molecule has 3 aromatic rings. The van der Waals surface area contributed by atoms with Gasteiger partial charge in [-0.15, -0.1) is 0 Å². The summed E-state index contributed by atoms with van der Waals surface area (Å²) < 4.78 is 16.4. The number of hydroxylamine groups is 1. The molecule has 0 aliphatic heterocycles. The van der Waals surface area contributed by atoms with E-state index >= 15 is 0 Å². The summed E-state index contributed by atoms with van der Waals surface area (Å²) in [6.45, 7) is 3.80. The van der Waals surface area contributed by atoms with Crippen molar-refractivity contribution in [2.45, 2.75) is 20.0 Å². The Kier molecular flexibility index (Phi) is 8.03. The largest absolute Gasteiger partial charge is 0.479 e. The molecule has 9 heteroatoms. The molecule has 0 aliphatic rings. The summed E-state index contributed by atoms with van der Waals surface area (Å²) in [7, 11) is 0. The summed E-state index contributed by atoms with van der Waals surface area (Å²) in [5.41, 5.74) is 3.95. The van der Waals surface area contributed by atoms with E-state index in [-0.39, 0.29) is 13.2 Å². The minimum absolute atomic E-state index is 0.114. The number of esters is 1. The third-order valence-electron chi connectivity index (χ3n) is 3.92. The lowest BCUT2D eigenvalue weighted by Crippen LogP contribution is -2.27. The van der Waals surface area contributed by atoms with Crippen molar-refractivity contribution in [3.8, 4) is 17.4 Å². The predicted molar refractivity (Wildman–Crippen MR) is 116 cm³/mol. The minimum Gasteiger partial charge on any atom is -0.479 e. The average molecular weight is 444 g/mol. The molecule has 162 valence electrons. The number of fused-ring (bicyclic) bond motifs is 1. The molecule has 31 heavy (non-hydrogen) atoms. The highest BCUT2D eigenvalue weighted by Crippen LogP contribution is 2.25. The molecular weight excluding hydrogens is 422 g/mol. The van der Waals surface area contributed by atoms with Crippen LogP contribution in [0.1, 0.15) is 13.8 Å². The van der Waals surface area contributed by atoms with Gasteiger partial charge in [-0.05, 0) is 56.3 Å². The van der Waals surface area contributed by atoms with Crippen LogP contribution in [0.3, 0.4) is 0 Å². The number of nitrogens with one attached hydrogen (secondary N) is 1. The van der Waals surface area contributed by atoms with Gasteiger partial charge in [-0.3, -0.25) is 10.3 Å². The Morgan fingerprint density at radius 2 is 1.90 bits per heavy atom. The Hall–Kier alpha value is -3.36. The van der Waals surface area contributed by atoms with Gasteiger partial charge in [-0.2, -0.15) is 0 Å². The van der Waals surface area contributed by atoms with E-state index in [0.29, 0.717) is 33.4 Å². The van der Waals surface area contributed by atoms with E-state index in [1.54, 1.807) is 61.7 Å². The maximum absolute atomic E-state index is 12.0. The third-order valence-corrected chi connectivity index (χ3v) is 4.16. The van der Waals surface area contributed by atoms with Gasteiger partial charge in [0.05, 0.1) is 17.2 Å². The number of hydrogen-bond donors (Lipinski definition) is 1. The molecule has 0 aliphatic carbocycles. The van der Waals surface area contributed by atoms with Crippen molar-refractivity contribution >= 4 is 28.6 Å². The normalized spacial score (nSPS) is 12.0. The molecule has 0 saturated carbocycles. The number of benzene rings is 2. The quantitative estimate of drug-likeness (QED) is 0.279. The van der Waals surface area contributed by atoms with Gasteiger partial charge in [0.15, 0.2) is 6.10 Å². The topological polar surface area (TPSA) is 91.8 Å². The molecule has 0 saturated heterocycles. The molecule has 0 bridgehead atoms. The van der Waals surface area contributed by atoms with Crippen LogP contribution in [0.25, 0.3) is 11.0 Å².